The molecule has 1 unspecified atom stereocenters. The highest BCUT2D eigenvalue weighted by Gasteiger charge is 2.26. The van der Waals surface area contributed by atoms with Crippen LogP contribution in [0.5, 0.6) is 0 Å². The van der Waals surface area contributed by atoms with Gasteiger partial charge in [0.05, 0.1) is 4.90 Å². The van der Waals surface area contributed by atoms with Gasteiger partial charge in [-0.25, -0.2) is 13.4 Å². The zero-order valence-corrected chi connectivity index (χ0v) is 16.1. The topological polar surface area (TPSA) is 64.0 Å². The van der Waals surface area contributed by atoms with Crippen LogP contribution in [0.15, 0.2) is 65.8 Å². The number of benzene rings is 2. The second-order valence-corrected chi connectivity index (χ2v) is 8.71. The standard InChI is InChI=1S/C21H23N3O2S/c1-24-14-13-22-21(24)20(17-8-3-2-4-9-17)23-27(25,26)19-12-11-16-7-5-6-10-18(16)15-19/h2-4,8-9,11-15,20,23H,5-7,10H2,1H3. The molecule has 6 heteroatoms. The summed E-state index contributed by atoms with van der Waals surface area (Å²) >= 11 is 0. The maximum Gasteiger partial charge on any atom is 0.241 e. The lowest BCUT2D eigenvalue weighted by molar-refractivity contribution is 0.562. The molecule has 0 saturated heterocycles. The van der Waals surface area contributed by atoms with Gasteiger partial charge in [0.2, 0.25) is 10.0 Å². The first kappa shape index (κ1) is 17.9. The van der Waals surface area contributed by atoms with E-state index >= 15 is 0 Å². The monoisotopic (exact) mass is 381 g/mol. The van der Waals surface area contributed by atoms with E-state index in [1.165, 1.54) is 12.0 Å². The molecular formula is C21H23N3O2S. The third-order valence-electron chi connectivity index (χ3n) is 5.15. The number of sulfonamides is 1. The number of aryl methyl sites for hydroxylation is 3. The summed E-state index contributed by atoms with van der Waals surface area (Å²) in [7, 11) is -1.82. The van der Waals surface area contributed by atoms with Crippen LogP contribution in [0.2, 0.25) is 0 Å². The summed E-state index contributed by atoms with van der Waals surface area (Å²) in [6.07, 6.45) is 7.76. The van der Waals surface area contributed by atoms with E-state index in [0.29, 0.717) is 10.7 Å². The van der Waals surface area contributed by atoms with Crippen molar-refractivity contribution in [3.8, 4) is 0 Å². The average molecular weight is 382 g/mol. The molecule has 1 atom stereocenters. The second kappa shape index (κ2) is 7.29. The zero-order valence-electron chi connectivity index (χ0n) is 15.3. The number of fused-ring (bicyclic) bond motifs is 1. The predicted octanol–water partition coefficient (Wildman–Crippen LogP) is 3.37. The maximum absolute atomic E-state index is 13.2. The van der Waals surface area contributed by atoms with Crippen LogP contribution in [0.3, 0.4) is 0 Å². The first-order valence-corrected chi connectivity index (χ1v) is 10.7. The lowest BCUT2D eigenvalue weighted by Crippen LogP contribution is -2.31. The minimum atomic E-state index is -3.69. The van der Waals surface area contributed by atoms with Gasteiger partial charge in [-0.05, 0) is 54.5 Å². The van der Waals surface area contributed by atoms with Crippen LogP contribution in [0, 0.1) is 0 Å². The van der Waals surface area contributed by atoms with E-state index in [-0.39, 0.29) is 0 Å². The third-order valence-corrected chi connectivity index (χ3v) is 6.57. The number of rotatable bonds is 5. The van der Waals surface area contributed by atoms with Gasteiger partial charge in [-0.15, -0.1) is 0 Å². The molecule has 1 heterocycles. The van der Waals surface area contributed by atoms with E-state index < -0.39 is 16.1 Å². The predicted molar refractivity (Wildman–Crippen MR) is 105 cm³/mol. The molecule has 1 N–H and O–H groups in total. The van der Waals surface area contributed by atoms with Gasteiger partial charge in [0.15, 0.2) is 0 Å². The molecule has 1 aliphatic carbocycles. The second-order valence-electron chi connectivity index (χ2n) is 7.00. The Morgan fingerprint density at radius 2 is 1.78 bits per heavy atom. The Bertz CT molecular complexity index is 1040. The SMILES string of the molecule is Cn1ccnc1C(NS(=O)(=O)c1ccc2c(c1)CCCC2)c1ccccc1. The Morgan fingerprint density at radius 1 is 1.04 bits per heavy atom. The molecule has 0 aliphatic heterocycles. The number of nitrogens with zero attached hydrogens (tertiary/aromatic N) is 2. The molecule has 0 spiro atoms. The molecule has 3 aromatic rings. The number of hydrogen-bond acceptors (Lipinski definition) is 3. The lowest BCUT2D eigenvalue weighted by atomic mass is 9.92. The van der Waals surface area contributed by atoms with Crippen LogP contribution in [0.4, 0.5) is 0 Å². The van der Waals surface area contributed by atoms with Crippen LogP contribution < -0.4 is 4.72 Å². The van der Waals surface area contributed by atoms with Gasteiger partial charge in [0, 0.05) is 19.4 Å². The summed E-state index contributed by atoms with van der Waals surface area (Å²) in [5.74, 6) is 0.655. The van der Waals surface area contributed by atoms with Crippen LogP contribution in [-0.2, 0) is 29.9 Å². The van der Waals surface area contributed by atoms with Crippen molar-refractivity contribution < 1.29 is 8.42 Å². The van der Waals surface area contributed by atoms with E-state index in [0.717, 1.165) is 30.4 Å². The van der Waals surface area contributed by atoms with Gasteiger partial charge < -0.3 is 4.57 Å². The molecule has 0 bridgehead atoms. The molecule has 0 amide bonds. The summed E-state index contributed by atoms with van der Waals surface area (Å²) in [6.45, 7) is 0. The first-order valence-electron chi connectivity index (χ1n) is 9.21. The lowest BCUT2D eigenvalue weighted by Gasteiger charge is -2.21. The average Bonchev–Trinajstić information content (AvgIpc) is 3.12. The van der Waals surface area contributed by atoms with Gasteiger partial charge in [0.1, 0.15) is 11.9 Å². The molecular weight excluding hydrogens is 358 g/mol. The Hall–Kier alpha value is -2.44. The minimum Gasteiger partial charge on any atom is -0.336 e. The molecule has 0 fully saturated rings. The largest absolute Gasteiger partial charge is 0.336 e. The van der Waals surface area contributed by atoms with Crippen molar-refractivity contribution in [1.29, 1.82) is 0 Å². The molecule has 1 aliphatic rings. The highest BCUT2D eigenvalue weighted by molar-refractivity contribution is 7.89. The van der Waals surface area contributed by atoms with Crippen molar-refractivity contribution >= 4 is 10.0 Å². The number of aromatic nitrogens is 2. The highest BCUT2D eigenvalue weighted by Crippen LogP contribution is 2.27. The summed E-state index contributed by atoms with van der Waals surface area (Å²) in [6, 6.07) is 14.5. The maximum atomic E-state index is 13.2. The van der Waals surface area contributed by atoms with E-state index in [4.69, 9.17) is 0 Å². The van der Waals surface area contributed by atoms with Crippen molar-refractivity contribution in [2.45, 2.75) is 36.6 Å². The summed E-state index contributed by atoms with van der Waals surface area (Å²) < 4.78 is 31.0. The van der Waals surface area contributed by atoms with E-state index in [9.17, 15) is 8.42 Å². The fourth-order valence-electron chi connectivity index (χ4n) is 3.67. The van der Waals surface area contributed by atoms with Crippen molar-refractivity contribution in [3.63, 3.8) is 0 Å². The summed E-state index contributed by atoms with van der Waals surface area (Å²) in [4.78, 5) is 4.69. The van der Waals surface area contributed by atoms with Crippen LogP contribution in [0.25, 0.3) is 0 Å². The molecule has 140 valence electrons. The van der Waals surface area contributed by atoms with E-state index in [1.54, 1.807) is 12.3 Å². The smallest absolute Gasteiger partial charge is 0.241 e. The number of hydrogen-bond donors (Lipinski definition) is 1. The van der Waals surface area contributed by atoms with Crippen LogP contribution in [-0.4, -0.2) is 18.0 Å². The Labute approximate surface area is 160 Å². The van der Waals surface area contributed by atoms with Gasteiger partial charge >= 0.3 is 0 Å². The van der Waals surface area contributed by atoms with E-state index in [2.05, 4.69) is 9.71 Å². The molecule has 1 aromatic heterocycles. The highest BCUT2D eigenvalue weighted by atomic mass is 32.2. The van der Waals surface area contributed by atoms with E-state index in [1.807, 2.05) is 60.3 Å². The molecule has 0 saturated carbocycles. The van der Waals surface area contributed by atoms with Crippen molar-refractivity contribution in [2.24, 2.45) is 7.05 Å². The van der Waals surface area contributed by atoms with Crippen molar-refractivity contribution in [2.75, 3.05) is 0 Å². The number of imidazole rings is 1. The van der Waals surface area contributed by atoms with Gasteiger partial charge in [-0.1, -0.05) is 36.4 Å². The van der Waals surface area contributed by atoms with Gasteiger partial charge in [-0.2, -0.15) is 4.72 Å². The quantitative estimate of drug-likeness (QED) is 0.737. The molecule has 0 radical (unpaired) electrons. The fraction of sp³-hybridized carbons (Fsp3) is 0.286. The molecule has 5 nitrogen and oxygen atoms in total. The molecule has 4 rings (SSSR count). The summed E-state index contributed by atoms with van der Waals surface area (Å²) in [5, 5.41) is 0. The Kier molecular flexibility index (Phi) is 4.85. The number of nitrogens with one attached hydrogen (secondary N) is 1. The van der Waals surface area contributed by atoms with Gasteiger partial charge in [0.25, 0.3) is 0 Å². The fourth-order valence-corrected chi connectivity index (χ4v) is 4.90. The Morgan fingerprint density at radius 3 is 2.48 bits per heavy atom. The van der Waals surface area contributed by atoms with Crippen LogP contribution in [0.1, 0.15) is 41.4 Å². The van der Waals surface area contributed by atoms with Crippen LogP contribution >= 0.6 is 0 Å². The summed E-state index contributed by atoms with van der Waals surface area (Å²) in [5.41, 5.74) is 3.27. The zero-order chi connectivity index (χ0) is 18.9. The normalized spacial score (nSPS) is 15.3. The third kappa shape index (κ3) is 3.68. The van der Waals surface area contributed by atoms with Gasteiger partial charge in [-0.3, -0.25) is 0 Å². The van der Waals surface area contributed by atoms with Crippen molar-refractivity contribution in [3.05, 3.63) is 83.4 Å². The molecule has 2 aromatic carbocycles. The molecule has 27 heavy (non-hydrogen) atoms. The van der Waals surface area contributed by atoms with Crippen molar-refractivity contribution in [1.82, 2.24) is 14.3 Å². The minimum absolute atomic E-state index is 0.318. The Balaban J connectivity index is 1.71. The first-order chi connectivity index (χ1) is 13.0.